The molecule has 0 saturated heterocycles. The van der Waals surface area contributed by atoms with Gasteiger partial charge in [0.25, 0.3) is 0 Å². The Morgan fingerprint density at radius 2 is 2.19 bits per heavy atom. The summed E-state index contributed by atoms with van der Waals surface area (Å²) < 4.78 is 0. The van der Waals surface area contributed by atoms with Gasteiger partial charge >= 0.3 is 0 Å². The van der Waals surface area contributed by atoms with Crippen LogP contribution in [0, 0.1) is 11.3 Å². The fraction of sp³-hybridized carbons (Fsp3) is 0.462. The van der Waals surface area contributed by atoms with E-state index in [1.165, 1.54) is 0 Å². The topological polar surface area (TPSA) is 53.0 Å². The molecule has 3 nitrogen and oxygen atoms in total. The van der Waals surface area contributed by atoms with Crippen molar-refractivity contribution >= 4 is 11.4 Å². The number of hydrogen-bond acceptors (Lipinski definition) is 3. The standard InChI is InChI=1S/C13H19N3/c1-4-5-10(2)16(3)12-7-6-11(9-14)13(15)8-12/h6-8,10H,4-5,15H2,1-3H3. The molecule has 0 aliphatic carbocycles. The van der Waals surface area contributed by atoms with Gasteiger partial charge in [-0.25, -0.2) is 0 Å². The lowest BCUT2D eigenvalue weighted by atomic mass is 10.1. The largest absolute Gasteiger partial charge is 0.398 e. The summed E-state index contributed by atoms with van der Waals surface area (Å²) in [6.45, 7) is 4.37. The van der Waals surface area contributed by atoms with Gasteiger partial charge in [0.15, 0.2) is 0 Å². The van der Waals surface area contributed by atoms with E-state index in [2.05, 4.69) is 31.9 Å². The summed E-state index contributed by atoms with van der Waals surface area (Å²) in [6, 6.07) is 8.14. The molecule has 0 bridgehead atoms. The number of nitrogens with zero attached hydrogens (tertiary/aromatic N) is 2. The van der Waals surface area contributed by atoms with Crippen molar-refractivity contribution in [1.82, 2.24) is 0 Å². The van der Waals surface area contributed by atoms with Crippen LogP contribution in [-0.4, -0.2) is 13.1 Å². The Morgan fingerprint density at radius 1 is 1.50 bits per heavy atom. The molecule has 0 radical (unpaired) electrons. The van der Waals surface area contributed by atoms with Gasteiger partial charge in [0.05, 0.1) is 11.3 Å². The van der Waals surface area contributed by atoms with Crippen molar-refractivity contribution in [3.05, 3.63) is 23.8 Å². The molecule has 0 heterocycles. The number of nitrogen functional groups attached to an aromatic ring is 1. The zero-order chi connectivity index (χ0) is 12.1. The monoisotopic (exact) mass is 217 g/mol. The lowest BCUT2D eigenvalue weighted by Crippen LogP contribution is -2.28. The minimum atomic E-state index is 0.484. The summed E-state index contributed by atoms with van der Waals surface area (Å²) in [5.74, 6) is 0. The van der Waals surface area contributed by atoms with Crippen LogP contribution in [0.2, 0.25) is 0 Å². The van der Waals surface area contributed by atoms with Crippen LogP contribution >= 0.6 is 0 Å². The molecule has 1 aromatic rings. The van der Waals surface area contributed by atoms with Crippen LogP contribution in [0.4, 0.5) is 11.4 Å². The Labute approximate surface area is 97.5 Å². The molecule has 0 spiro atoms. The summed E-state index contributed by atoms with van der Waals surface area (Å²) in [6.07, 6.45) is 2.31. The highest BCUT2D eigenvalue weighted by Crippen LogP contribution is 2.22. The van der Waals surface area contributed by atoms with Gasteiger partial charge in [0.1, 0.15) is 6.07 Å². The van der Waals surface area contributed by atoms with Crippen LogP contribution in [0.5, 0.6) is 0 Å². The van der Waals surface area contributed by atoms with Crippen LogP contribution < -0.4 is 10.6 Å². The first-order valence-corrected chi connectivity index (χ1v) is 5.62. The van der Waals surface area contributed by atoms with E-state index in [4.69, 9.17) is 11.0 Å². The van der Waals surface area contributed by atoms with Crippen molar-refractivity contribution < 1.29 is 0 Å². The third kappa shape index (κ3) is 2.66. The minimum Gasteiger partial charge on any atom is -0.398 e. The number of nitrogens with two attached hydrogens (primary N) is 1. The van der Waals surface area contributed by atoms with E-state index >= 15 is 0 Å². The second-order valence-corrected chi connectivity index (χ2v) is 4.13. The molecule has 2 N–H and O–H groups in total. The Kier molecular flexibility index (Phi) is 4.19. The molecule has 0 aliphatic rings. The predicted octanol–water partition coefficient (Wildman–Crippen LogP) is 2.77. The summed E-state index contributed by atoms with van der Waals surface area (Å²) >= 11 is 0. The molecule has 1 aromatic carbocycles. The third-order valence-corrected chi connectivity index (χ3v) is 2.93. The van der Waals surface area contributed by atoms with Gasteiger partial charge in [0, 0.05) is 18.8 Å². The third-order valence-electron chi connectivity index (χ3n) is 2.93. The molecule has 1 unspecified atom stereocenters. The molecule has 86 valence electrons. The molecule has 16 heavy (non-hydrogen) atoms. The molecule has 0 fully saturated rings. The van der Waals surface area contributed by atoms with Gasteiger partial charge in [-0.1, -0.05) is 13.3 Å². The minimum absolute atomic E-state index is 0.484. The maximum absolute atomic E-state index is 8.80. The van der Waals surface area contributed by atoms with E-state index in [-0.39, 0.29) is 0 Å². The molecule has 0 aliphatic heterocycles. The van der Waals surface area contributed by atoms with Gasteiger partial charge < -0.3 is 10.6 Å². The van der Waals surface area contributed by atoms with Gasteiger partial charge in [-0.15, -0.1) is 0 Å². The van der Waals surface area contributed by atoms with Crippen molar-refractivity contribution in [3.8, 4) is 6.07 Å². The summed E-state index contributed by atoms with van der Waals surface area (Å²) in [5.41, 5.74) is 7.96. The zero-order valence-corrected chi connectivity index (χ0v) is 10.2. The lowest BCUT2D eigenvalue weighted by molar-refractivity contribution is 0.616. The number of hydrogen-bond donors (Lipinski definition) is 1. The Hall–Kier alpha value is -1.69. The normalized spacial score (nSPS) is 11.9. The highest BCUT2D eigenvalue weighted by atomic mass is 15.1. The molecule has 1 atom stereocenters. The van der Waals surface area contributed by atoms with Gasteiger partial charge in [0.2, 0.25) is 0 Å². The second kappa shape index (κ2) is 5.41. The Balaban J connectivity index is 2.89. The van der Waals surface area contributed by atoms with Crippen molar-refractivity contribution in [1.29, 1.82) is 5.26 Å². The SMILES string of the molecule is CCCC(C)N(C)c1ccc(C#N)c(N)c1. The van der Waals surface area contributed by atoms with Gasteiger partial charge in [-0.3, -0.25) is 0 Å². The fourth-order valence-electron chi connectivity index (χ4n) is 1.74. The maximum atomic E-state index is 8.80. The van der Waals surface area contributed by atoms with E-state index in [0.29, 0.717) is 17.3 Å². The Bertz CT molecular complexity index is 393. The second-order valence-electron chi connectivity index (χ2n) is 4.13. The average Bonchev–Trinajstić information content (AvgIpc) is 2.28. The van der Waals surface area contributed by atoms with Crippen molar-refractivity contribution in [2.75, 3.05) is 17.7 Å². The van der Waals surface area contributed by atoms with E-state index in [1.807, 2.05) is 12.1 Å². The number of nitriles is 1. The predicted molar refractivity (Wildman–Crippen MR) is 68.3 cm³/mol. The number of anilines is 2. The molecule has 1 rings (SSSR count). The molecule has 0 aromatic heterocycles. The highest BCUT2D eigenvalue weighted by Gasteiger charge is 2.10. The van der Waals surface area contributed by atoms with Crippen molar-refractivity contribution in [3.63, 3.8) is 0 Å². The average molecular weight is 217 g/mol. The van der Waals surface area contributed by atoms with Crippen LogP contribution in [0.1, 0.15) is 32.3 Å². The van der Waals surface area contributed by atoms with Crippen molar-refractivity contribution in [2.45, 2.75) is 32.7 Å². The molecular weight excluding hydrogens is 198 g/mol. The van der Waals surface area contributed by atoms with Gasteiger partial charge in [-0.2, -0.15) is 5.26 Å². The van der Waals surface area contributed by atoms with E-state index < -0.39 is 0 Å². The molecule has 0 saturated carbocycles. The smallest absolute Gasteiger partial charge is 0.101 e. The van der Waals surface area contributed by atoms with Gasteiger partial charge in [-0.05, 0) is 31.5 Å². The summed E-state index contributed by atoms with van der Waals surface area (Å²) in [7, 11) is 2.06. The van der Waals surface area contributed by atoms with Crippen LogP contribution in [-0.2, 0) is 0 Å². The highest BCUT2D eigenvalue weighted by molar-refractivity contribution is 5.63. The first kappa shape index (κ1) is 12.4. The lowest BCUT2D eigenvalue weighted by Gasteiger charge is -2.27. The van der Waals surface area contributed by atoms with E-state index in [0.717, 1.165) is 18.5 Å². The van der Waals surface area contributed by atoms with E-state index in [9.17, 15) is 0 Å². The molecular formula is C13H19N3. The first-order chi connectivity index (χ1) is 7.60. The maximum Gasteiger partial charge on any atom is 0.101 e. The fourth-order valence-corrected chi connectivity index (χ4v) is 1.74. The quantitative estimate of drug-likeness (QED) is 0.789. The van der Waals surface area contributed by atoms with Crippen LogP contribution in [0.3, 0.4) is 0 Å². The molecule has 3 heteroatoms. The number of rotatable bonds is 4. The zero-order valence-electron chi connectivity index (χ0n) is 10.2. The van der Waals surface area contributed by atoms with Crippen LogP contribution in [0.25, 0.3) is 0 Å². The Morgan fingerprint density at radius 3 is 2.69 bits per heavy atom. The summed E-state index contributed by atoms with van der Waals surface area (Å²) in [4.78, 5) is 2.20. The number of benzene rings is 1. The summed E-state index contributed by atoms with van der Waals surface area (Å²) in [5, 5.41) is 8.80. The van der Waals surface area contributed by atoms with E-state index in [1.54, 1.807) is 6.07 Å². The van der Waals surface area contributed by atoms with Crippen LogP contribution in [0.15, 0.2) is 18.2 Å². The van der Waals surface area contributed by atoms with Crippen molar-refractivity contribution in [2.24, 2.45) is 0 Å². The first-order valence-electron chi connectivity index (χ1n) is 5.62. The molecule has 0 amide bonds.